The Morgan fingerprint density at radius 2 is 1.81 bits per heavy atom. The predicted molar refractivity (Wildman–Crippen MR) is 77.1 cm³/mol. The number of hydrogen-bond acceptors (Lipinski definition) is 1. The van der Waals surface area contributed by atoms with Crippen molar-refractivity contribution < 1.29 is 13.2 Å². The summed E-state index contributed by atoms with van der Waals surface area (Å²) in [6, 6.07) is 13.2. The van der Waals surface area contributed by atoms with Crippen molar-refractivity contribution in [3.8, 4) is 0 Å². The van der Waals surface area contributed by atoms with Crippen LogP contribution in [-0.2, 0) is 12.7 Å². The van der Waals surface area contributed by atoms with Gasteiger partial charge in [0.2, 0.25) is 0 Å². The van der Waals surface area contributed by atoms with E-state index in [0.717, 1.165) is 22.5 Å². The van der Waals surface area contributed by atoms with Gasteiger partial charge >= 0.3 is 6.18 Å². The molecule has 0 atom stereocenters. The monoisotopic (exact) mass is 290 g/mol. The molecule has 0 fully saturated rings. The van der Waals surface area contributed by atoms with Crippen molar-refractivity contribution in [3.05, 3.63) is 65.9 Å². The summed E-state index contributed by atoms with van der Waals surface area (Å²) < 4.78 is 38.7. The Morgan fingerprint density at radius 1 is 1.00 bits per heavy atom. The second kappa shape index (κ2) is 5.16. The largest absolute Gasteiger partial charge is 0.418 e. The Labute approximate surface area is 119 Å². The molecular weight excluding hydrogens is 277 g/mol. The van der Waals surface area contributed by atoms with Gasteiger partial charge in [0, 0.05) is 23.9 Å². The van der Waals surface area contributed by atoms with Crippen molar-refractivity contribution in [2.24, 2.45) is 0 Å². The fourth-order valence-corrected chi connectivity index (χ4v) is 2.29. The third-order valence-electron chi connectivity index (χ3n) is 3.33. The zero-order valence-electron chi connectivity index (χ0n) is 11.0. The van der Waals surface area contributed by atoms with E-state index < -0.39 is 11.7 Å². The number of para-hydroxylation sites is 1. The summed E-state index contributed by atoms with van der Waals surface area (Å²) in [5.74, 6) is 0. The number of rotatable bonds is 3. The molecule has 0 aliphatic rings. The van der Waals surface area contributed by atoms with E-state index in [-0.39, 0.29) is 5.69 Å². The lowest BCUT2D eigenvalue weighted by Crippen LogP contribution is -2.10. The first-order valence-electron chi connectivity index (χ1n) is 6.50. The Morgan fingerprint density at radius 3 is 2.62 bits per heavy atom. The van der Waals surface area contributed by atoms with Gasteiger partial charge < -0.3 is 10.3 Å². The van der Waals surface area contributed by atoms with Gasteiger partial charge in [-0.05, 0) is 35.2 Å². The second-order valence-corrected chi connectivity index (χ2v) is 4.80. The molecule has 2 N–H and O–H groups in total. The van der Waals surface area contributed by atoms with Gasteiger partial charge in [-0.3, -0.25) is 0 Å². The average Bonchev–Trinajstić information content (AvgIpc) is 2.92. The summed E-state index contributed by atoms with van der Waals surface area (Å²) in [7, 11) is 0. The molecular formula is C16H13F3N2. The van der Waals surface area contributed by atoms with Gasteiger partial charge in [-0.15, -0.1) is 0 Å². The fraction of sp³-hybridized carbons (Fsp3) is 0.125. The van der Waals surface area contributed by atoms with Gasteiger partial charge in [0.15, 0.2) is 0 Å². The summed E-state index contributed by atoms with van der Waals surface area (Å²) in [6.45, 7) is 0.335. The lowest BCUT2D eigenvalue weighted by Gasteiger charge is -2.14. The first kappa shape index (κ1) is 13.5. The molecule has 5 heteroatoms. The first-order chi connectivity index (χ1) is 10.0. The number of aromatic amines is 1. The molecule has 2 aromatic carbocycles. The van der Waals surface area contributed by atoms with E-state index in [9.17, 15) is 13.2 Å². The minimum Gasteiger partial charge on any atom is -0.380 e. The average molecular weight is 290 g/mol. The van der Waals surface area contributed by atoms with Crippen LogP contribution in [-0.4, -0.2) is 4.98 Å². The summed E-state index contributed by atoms with van der Waals surface area (Å²) >= 11 is 0. The minimum absolute atomic E-state index is 0.0941. The van der Waals surface area contributed by atoms with Crippen LogP contribution in [0.1, 0.15) is 11.1 Å². The number of fused-ring (bicyclic) bond motifs is 1. The maximum atomic E-state index is 12.9. The highest BCUT2D eigenvalue weighted by atomic mass is 19.4. The molecule has 0 amide bonds. The Balaban J connectivity index is 1.81. The zero-order valence-corrected chi connectivity index (χ0v) is 11.0. The molecule has 1 aromatic heterocycles. The zero-order chi connectivity index (χ0) is 14.9. The smallest absolute Gasteiger partial charge is 0.380 e. The van der Waals surface area contributed by atoms with Crippen molar-refractivity contribution in [1.29, 1.82) is 0 Å². The van der Waals surface area contributed by atoms with Gasteiger partial charge in [-0.2, -0.15) is 13.2 Å². The third kappa shape index (κ3) is 2.86. The topological polar surface area (TPSA) is 27.8 Å². The Hall–Kier alpha value is -2.43. The molecule has 3 aromatic rings. The number of aromatic nitrogens is 1. The van der Waals surface area contributed by atoms with Crippen LogP contribution < -0.4 is 5.32 Å². The number of hydrogen-bond donors (Lipinski definition) is 2. The van der Waals surface area contributed by atoms with E-state index in [4.69, 9.17) is 0 Å². The number of benzene rings is 2. The lowest BCUT2D eigenvalue weighted by molar-refractivity contribution is -0.136. The molecule has 2 nitrogen and oxygen atoms in total. The van der Waals surface area contributed by atoms with Gasteiger partial charge in [0.25, 0.3) is 0 Å². The maximum Gasteiger partial charge on any atom is 0.418 e. The van der Waals surface area contributed by atoms with Crippen LogP contribution in [0.2, 0.25) is 0 Å². The van der Waals surface area contributed by atoms with Crippen molar-refractivity contribution >= 4 is 16.6 Å². The van der Waals surface area contributed by atoms with Crippen molar-refractivity contribution in [2.75, 3.05) is 5.32 Å². The molecule has 0 radical (unpaired) electrons. The molecule has 21 heavy (non-hydrogen) atoms. The quantitative estimate of drug-likeness (QED) is 0.712. The van der Waals surface area contributed by atoms with E-state index >= 15 is 0 Å². The predicted octanol–water partition coefficient (Wildman–Crippen LogP) is 4.80. The van der Waals surface area contributed by atoms with Crippen LogP contribution in [0.3, 0.4) is 0 Å². The van der Waals surface area contributed by atoms with Gasteiger partial charge in [-0.1, -0.05) is 24.3 Å². The van der Waals surface area contributed by atoms with E-state index in [1.807, 2.05) is 30.5 Å². The highest BCUT2D eigenvalue weighted by Gasteiger charge is 2.32. The summed E-state index contributed by atoms with van der Waals surface area (Å²) in [5, 5.41) is 3.94. The number of H-pyrrole nitrogens is 1. The summed E-state index contributed by atoms with van der Waals surface area (Å²) in [5.41, 5.74) is 1.34. The van der Waals surface area contributed by atoms with Crippen LogP contribution in [0.25, 0.3) is 10.9 Å². The van der Waals surface area contributed by atoms with E-state index in [1.165, 1.54) is 12.1 Å². The molecule has 0 saturated heterocycles. The minimum atomic E-state index is -4.35. The molecule has 0 aliphatic carbocycles. The highest BCUT2D eigenvalue weighted by Crippen LogP contribution is 2.34. The second-order valence-electron chi connectivity index (χ2n) is 4.80. The molecule has 1 heterocycles. The standard InChI is InChI=1S/C16H13F3N2/c17-16(18,19)13-3-1-2-4-14(13)21-10-11-5-6-12-7-8-20-15(12)9-11/h1-9,20-21H,10H2. The Kier molecular flexibility index (Phi) is 3.33. The summed E-state index contributed by atoms with van der Waals surface area (Å²) in [4.78, 5) is 3.09. The van der Waals surface area contributed by atoms with Gasteiger partial charge in [0.05, 0.1) is 5.56 Å². The van der Waals surface area contributed by atoms with Crippen LogP contribution >= 0.6 is 0 Å². The molecule has 0 spiro atoms. The fourth-order valence-electron chi connectivity index (χ4n) is 2.29. The van der Waals surface area contributed by atoms with E-state index in [2.05, 4.69) is 10.3 Å². The molecule has 0 unspecified atom stereocenters. The van der Waals surface area contributed by atoms with Crippen molar-refractivity contribution in [3.63, 3.8) is 0 Å². The molecule has 0 aliphatic heterocycles. The lowest BCUT2D eigenvalue weighted by atomic mass is 10.1. The van der Waals surface area contributed by atoms with Crippen LogP contribution in [0.15, 0.2) is 54.7 Å². The van der Waals surface area contributed by atoms with Crippen LogP contribution in [0.4, 0.5) is 18.9 Å². The number of alkyl halides is 3. The highest BCUT2D eigenvalue weighted by molar-refractivity contribution is 5.79. The normalized spacial score (nSPS) is 11.8. The van der Waals surface area contributed by atoms with Crippen LogP contribution in [0, 0.1) is 0 Å². The van der Waals surface area contributed by atoms with Crippen LogP contribution in [0.5, 0.6) is 0 Å². The van der Waals surface area contributed by atoms with E-state index in [0.29, 0.717) is 6.54 Å². The summed E-state index contributed by atoms with van der Waals surface area (Å²) in [6.07, 6.45) is -2.52. The number of anilines is 1. The molecule has 0 bridgehead atoms. The molecule has 3 rings (SSSR count). The SMILES string of the molecule is FC(F)(F)c1ccccc1NCc1ccc2cc[nH]c2c1. The molecule has 108 valence electrons. The third-order valence-corrected chi connectivity index (χ3v) is 3.33. The van der Waals surface area contributed by atoms with Crippen molar-refractivity contribution in [1.82, 2.24) is 4.98 Å². The van der Waals surface area contributed by atoms with Gasteiger partial charge in [0.1, 0.15) is 0 Å². The van der Waals surface area contributed by atoms with Gasteiger partial charge in [-0.25, -0.2) is 0 Å². The van der Waals surface area contributed by atoms with E-state index in [1.54, 1.807) is 6.07 Å². The Bertz CT molecular complexity index is 759. The number of halogens is 3. The number of nitrogens with one attached hydrogen (secondary N) is 2. The maximum absolute atomic E-state index is 12.9. The van der Waals surface area contributed by atoms with Crippen molar-refractivity contribution in [2.45, 2.75) is 12.7 Å². The molecule has 0 saturated carbocycles. The first-order valence-corrected chi connectivity index (χ1v) is 6.50.